The van der Waals surface area contributed by atoms with E-state index in [1.807, 2.05) is 13.8 Å². The van der Waals surface area contributed by atoms with Crippen molar-refractivity contribution in [1.29, 1.82) is 0 Å². The Balaban J connectivity index is 2.71. The Morgan fingerprint density at radius 1 is 1.50 bits per heavy atom. The number of ether oxygens (including phenoxy) is 1. The van der Waals surface area contributed by atoms with Crippen molar-refractivity contribution in [2.24, 2.45) is 0 Å². The molecule has 88 valence electrons. The van der Waals surface area contributed by atoms with Crippen molar-refractivity contribution in [3.63, 3.8) is 0 Å². The summed E-state index contributed by atoms with van der Waals surface area (Å²) in [5.41, 5.74) is 0.401. The third kappa shape index (κ3) is 3.88. The van der Waals surface area contributed by atoms with Crippen LogP contribution >= 0.6 is 0 Å². The molecular weight excluding hydrogens is 211 g/mol. The highest BCUT2D eigenvalue weighted by Gasteiger charge is 2.07. The lowest BCUT2D eigenvalue weighted by molar-refractivity contribution is -0.136. The van der Waals surface area contributed by atoms with E-state index < -0.39 is 11.8 Å². The molecule has 0 amide bonds. The number of carbonyl (C=O) groups is 1. The number of halogens is 1. The summed E-state index contributed by atoms with van der Waals surface area (Å²) in [5.74, 6) is -0.882. The summed E-state index contributed by atoms with van der Waals surface area (Å²) in [6.45, 7) is 3.71. The van der Waals surface area contributed by atoms with Gasteiger partial charge in [-0.2, -0.15) is 0 Å². The molecule has 0 unspecified atom stereocenters. The number of hydrogen-bond donors (Lipinski definition) is 1. The maximum Gasteiger partial charge on any atom is 0.303 e. The van der Waals surface area contributed by atoms with Crippen molar-refractivity contribution >= 4 is 5.97 Å². The molecule has 4 heteroatoms. The number of rotatable bonds is 5. The van der Waals surface area contributed by atoms with E-state index in [-0.39, 0.29) is 18.9 Å². The zero-order chi connectivity index (χ0) is 12.1. The van der Waals surface area contributed by atoms with Gasteiger partial charge in [-0.15, -0.1) is 0 Å². The molecule has 1 rings (SSSR count). The number of carboxylic acids is 1. The van der Waals surface area contributed by atoms with E-state index in [9.17, 15) is 9.18 Å². The summed E-state index contributed by atoms with van der Waals surface area (Å²) in [5, 5.41) is 8.49. The molecule has 0 aromatic heterocycles. The molecule has 16 heavy (non-hydrogen) atoms. The zero-order valence-electron chi connectivity index (χ0n) is 9.37. The minimum absolute atomic E-state index is 0.00994. The Kier molecular flexibility index (Phi) is 4.28. The summed E-state index contributed by atoms with van der Waals surface area (Å²) in [6.07, 6.45) is 0.119. The van der Waals surface area contributed by atoms with Gasteiger partial charge in [-0.05, 0) is 31.9 Å². The maximum atomic E-state index is 13.5. The van der Waals surface area contributed by atoms with Gasteiger partial charge in [0.25, 0.3) is 0 Å². The number of carboxylic acid groups (broad SMARTS) is 1. The van der Waals surface area contributed by atoms with Gasteiger partial charge in [0.1, 0.15) is 11.6 Å². The van der Waals surface area contributed by atoms with Gasteiger partial charge < -0.3 is 9.84 Å². The van der Waals surface area contributed by atoms with Crippen LogP contribution in [0.15, 0.2) is 18.2 Å². The normalized spacial score (nSPS) is 10.5. The van der Waals surface area contributed by atoms with Crippen LogP contribution in [0.2, 0.25) is 0 Å². The van der Waals surface area contributed by atoms with Crippen molar-refractivity contribution in [2.75, 3.05) is 0 Å². The van der Waals surface area contributed by atoms with Crippen molar-refractivity contribution in [3.05, 3.63) is 29.6 Å². The molecule has 0 fully saturated rings. The average molecular weight is 226 g/mol. The van der Waals surface area contributed by atoms with Crippen LogP contribution in [-0.2, 0) is 11.2 Å². The highest BCUT2D eigenvalue weighted by Crippen LogP contribution is 2.18. The molecule has 1 aromatic rings. The van der Waals surface area contributed by atoms with E-state index in [0.29, 0.717) is 11.3 Å². The molecule has 1 aromatic carbocycles. The average Bonchev–Trinajstić information content (AvgIpc) is 2.15. The summed E-state index contributed by atoms with van der Waals surface area (Å²) in [7, 11) is 0. The zero-order valence-corrected chi connectivity index (χ0v) is 9.37. The highest BCUT2D eigenvalue weighted by atomic mass is 19.1. The lowest BCUT2D eigenvalue weighted by atomic mass is 10.1. The minimum Gasteiger partial charge on any atom is -0.491 e. The van der Waals surface area contributed by atoms with Crippen LogP contribution in [0.3, 0.4) is 0 Å². The molecule has 0 aliphatic rings. The lowest BCUT2D eigenvalue weighted by Gasteiger charge is -2.10. The molecule has 0 bridgehead atoms. The number of hydrogen-bond acceptors (Lipinski definition) is 2. The summed E-state index contributed by atoms with van der Waals surface area (Å²) in [6, 6.07) is 4.51. The van der Waals surface area contributed by atoms with E-state index in [1.54, 1.807) is 12.1 Å². The second kappa shape index (κ2) is 5.49. The van der Waals surface area contributed by atoms with Gasteiger partial charge in [0, 0.05) is 12.5 Å². The molecule has 1 N–H and O–H groups in total. The van der Waals surface area contributed by atoms with Gasteiger partial charge >= 0.3 is 5.97 Å². The van der Waals surface area contributed by atoms with Gasteiger partial charge in [-0.3, -0.25) is 4.79 Å². The topological polar surface area (TPSA) is 46.5 Å². The minimum atomic E-state index is -0.929. The van der Waals surface area contributed by atoms with E-state index in [1.165, 1.54) is 6.07 Å². The first kappa shape index (κ1) is 12.5. The first-order chi connectivity index (χ1) is 7.49. The van der Waals surface area contributed by atoms with Crippen molar-refractivity contribution in [3.8, 4) is 5.75 Å². The Morgan fingerprint density at radius 3 is 2.69 bits per heavy atom. The predicted molar refractivity (Wildman–Crippen MR) is 58.1 cm³/mol. The van der Waals surface area contributed by atoms with Crippen molar-refractivity contribution in [2.45, 2.75) is 32.8 Å². The van der Waals surface area contributed by atoms with E-state index in [4.69, 9.17) is 9.84 Å². The SMILES string of the molecule is CC(C)Oc1ccc(CCC(=O)O)c(F)c1. The quantitative estimate of drug-likeness (QED) is 0.839. The van der Waals surface area contributed by atoms with Crippen LogP contribution in [0, 0.1) is 5.82 Å². The third-order valence-corrected chi connectivity index (χ3v) is 2.00. The van der Waals surface area contributed by atoms with Gasteiger partial charge in [-0.25, -0.2) is 4.39 Å². The smallest absolute Gasteiger partial charge is 0.303 e. The molecule has 0 saturated heterocycles. The highest BCUT2D eigenvalue weighted by molar-refractivity contribution is 5.67. The summed E-state index contributed by atoms with van der Waals surface area (Å²) < 4.78 is 18.8. The van der Waals surface area contributed by atoms with Crippen LogP contribution < -0.4 is 4.74 Å². The Bertz CT molecular complexity index is 375. The monoisotopic (exact) mass is 226 g/mol. The largest absolute Gasteiger partial charge is 0.491 e. The fourth-order valence-corrected chi connectivity index (χ4v) is 1.32. The van der Waals surface area contributed by atoms with Crippen molar-refractivity contribution < 1.29 is 19.0 Å². The fourth-order valence-electron chi connectivity index (χ4n) is 1.32. The van der Waals surface area contributed by atoms with Crippen LogP contribution in [0.5, 0.6) is 5.75 Å². The van der Waals surface area contributed by atoms with Crippen molar-refractivity contribution in [1.82, 2.24) is 0 Å². The summed E-state index contributed by atoms with van der Waals surface area (Å²) in [4.78, 5) is 10.3. The van der Waals surface area contributed by atoms with Gasteiger partial charge in [0.2, 0.25) is 0 Å². The molecular formula is C12H15FO3. The molecule has 0 heterocycles. The van der Waals surface area contributed by atoms with Gasteiger partial charge in [-0.1, -0.05) is 6.07 Å². The molecule has 3 nitrogen and oxygen atoms in total. The van der Waals surface area contributed by atoms with Crippen LogP contribution in [0.1, 0.15) is 25.8 Å². The third-order valence-electron chi connectivity index (χ3n) is 2.00. The molecule has 0 atom stereocenters. The molecule has 0 radical (unpaired) electrons. The predicted octanol–water partition coefficient (Wildman–Crippen LogP) is 2.63. The molecule has 0 saturated carbocycles. The molecule has 0 aliphatic carbocycles. The maximum absolute atomic E-state index is 13.5. The standard InChI is InChI=1S/C12H15FO3/c1-8(2)16-10-5-3-9(11(13)7-10)4-6-12(14)15/h3,5,7-8H,4,6H2,1-2H3,(H,14,15). The van der Waals surface area contributed by atoms with Crippen LogP contribution in [-0.4, -0.2) is 17.2 Å². The Morgan fingerprint density at radius 2 is 2.19 bits per heavy atom. The van der Waals surface area contributed by atoms with Gasteiger partial charge in [0.15, 0.2) is 0 Å². The van der Waals surface area contributed by atoms with Gasteiger partial charge in [0.05, 0.1) is 6.10 Å². The second-order valence-corrected chi connectivity index (χ2v) is 3.81. The Hall–Kier alpha value is -1.58. The number of benzene rings is 1. The van der Waals surface area contributed by atoms with Crippen LogP contribution in [0.25, 0.3) is 0 Å². The lowest BCUT2D eigenvalue weighted by Crippen LogP contribution is -2.06. The Labute approximate surface area is 93.9 Å². The van der Waals surface area contributed by atoms with E-state index >= 15 is 0 Å². The number of aliphatic carboxylic acids is 1. The molecule has 0 spiro atoms. The number of aryl methyl sites for hydroxylation is 1. The first-order valence-electron chi connectivity index (χ1n) is 5.16. The van der Waals surface area contributed by atoms with Crippen LogP contribution in [0.4, 0.5) is 4.39 Å². The first-order valence-corrected chi connectivity index (χ1v) is 5.16. The van der Waals surface area contributed by atoms with E-state index in [2.05, 4.69) is 0 Å². The fraction of sp³-hybridized carbons (Fsp3) is 0.417. The second-order valence-electron chi connectivity index (χ2n) is 3.81. The van der Waals surface area contributed by atoms with E-state index in [0.717, 1.165) is 0 Å². The summed E-state index contributed by atoms with van der Waals surface area (Å²) >= 11 is 0. The molecule has 0 aliphatic heterocycles.